The quantitative estimate of drug-likeness (QED) is 0.900. The largest absolute Gasteiger partial charge is 0.425 e. The number of carbonyl (C=O) groups is 1. The van der Waals surface area contributed by atoms with E-state index in [1.165, 1.54) is 11.3 Å². The number of carbonyl (C=O) groups excluding carboxylic acids is 1. The molecule has 8 heteroatoms. The second kappa shape index (κ2) is 5.87. The summed E-state index contributed by atoms with van der Waals surface area (Å²) in [4.78, 5) is 11.5. The molecule has 2 rings (SSSR count). The van der Waals surface area contributed by atoms with Crippen LogP contribution in [0.25, 0.3) is 0 Å². The first-order valence-electron chi connectivity index (χ1n) is 5.86. The minimum absolute atomic E-state index is 0.0555. The molecule has 1 amide bonds. The Bertz CT molecular complexity index is 696. The summed E-state index contributed by atoms with van der Waals surface area (Å²) in [5, 5.41) is 13.1. The zero-order valence-corrected chi connectivity index (χ0v) is 12.4. The molecule has 0 bridgehead atoms. The molecule has 0 aliphatic heterocycles. The molecule has 1 N–H and O–H groups in total. The number of hydrogen-bond donors (Lipinski definition) is 1. The third-order valence-corrected chi connectivity index (χ3v) is 4.76. The maximum atomic E-state index is 13.0. The lowest BCUT2D eigenvalue weighted by molar-refractivity contribution is -0.134. The monoisotopic (exact) mass is 330 g/mol. The summed E-state index contributed by atoms with van der Waals surface area (Å²) >= 11 is 1.57. The van der Waals surface area contributed by atoms with Crippen molar-refractivity contribution in [3.05, 3.63) is 38.4 Å². The fourth-order valence-corrected chi connectivity index (χ4v) is 3.53. The third kappa shape index (κ3) is 3.09. The van der Waals surface area contributed by atoms with Gasteiger partial charge in [-0.15, -0.1) is 22.7 Å². The SMILES string of the molecule is CCc1c(C(F)(F)F)sc(NC(=O)c2cccs2)c1C#N. The molecule has 2 aromatic rings. The molecule has 0 aliphatic rings. The summed E-state index contributed by atoms with van der Waals surface area (Å²) in [5.74, 6) is -0.515. The maximum Gasteiger partial charge on any atom is 0.425 e. The predicted octanol–water partition coefficient (Wildman–Crippen LogP) is 4.51. The Morgan fingerprint density at radius 2 is 2.19 bits per heavy atom. The van der Waals surface area contributed by atoms with E-state index in [0.717, 1.165) is 0 Å². The van der Waals surface area contributed by atoms with Crippen LogP contribution < -0.4 is 5.32 Å². The molecule has 0 saturated carbocycles. The molecule has 0 spiro atoms. The highest BCUT2D eigenvalue weighted by atomic mass is 32.1. The Hall–Kier alpha value is -1.85. The number of halogens is 3. The minimum Gasteiger partial charge on any atom is -0.312 e. The number of anilines is 1. The van der Waals surface area contributed by atoms with Crippen LogP contribution in [0.3, 0.4) is 0 Å². The van der Waals surface area contributed by atoms with Gasteiger partial charge in [0.05, 0.1) is 10.4 Å². The topological polar surface area (TPSA) is 52.9 Å². The van der Waals surface area contributed by atoms with Crippen LogP contribution in [0, 0.1) is 11.3 Å². The number of hydrogen-bond acceptors (Lipinski definition) is 4. The highest BCUT2D eigenvalue weighted by Crippen LogP contribution is 2.43. The van der Waals surface area contributed by atoms with E-state index in [1.807, 2.05) is 0 Å². The molecule has 2 aromatic heterocycles. The predicted molar refractivity (Wildman–Crippen MR) is 75.7 cm³/mol. The summed E-state index contributed by atoms with van der Waals surface area (Å²) in [6.45, 7) is 1.54. The van der Waals surface area contributed by atoms with Crippen molar-refractivity contribution in [2.75, 3.05) is 5.32 Å². The van der Waals surface area contributed by atoms with Crippen molar-refractivity contribution in [3.8, 4) is 6.07 Å². The Morgan fingerprint density at radius 3 is 2.67 bits per heavy atom. The van der Waals surface area contributed by atoms with Gasteiger partial charge in [-0.25, -0.2) is 0 Å². The van der Waals surface area contributed by atoms with Gasteiger partial charge in [-0.05, 0) is 23.4 Å². The number of alkyl halides is 3. The van der Waals surface area contributed by atoms with Gasteiger partial charge in [0, 0.05) is 0 Å². The Balaban J connectivity index is 2.43. The number of thiophene rings is 2. The molecule has 3 nitrogen and oxygen atoms in total. The summed E-state index contributed by atoms with van der Waals surface area (Å²) in [6.07, 6.45) is -4.46. The summed E-state index contributed by atoms with van der Waals surface area (Å²) in [7, 11) is 0. The van der Waals surface area contributed by atoms with Crippen LogP contribution in [0.15, 0.2) is 17.5 Å². The van der Waals surface area contributed by atoms with Crippen molar-refractivity contribution >= 4 is 33.6 Å². The molecule has 0 unspecified atom stereocenters. The van der Waals surface area contributed by atoms with Crippen molar-refractivity contribution in [3.63, 3.8) is 0 Å². The normalized spacial score (nSPS) is 11.2. The van der Waals surface area contributed by atoms with Crippen molar-refractivity contribution < 1.29 is 18.0 Å². The van der Waals surface area contributed by atoms with Crippen LogP contribution in [0.1, 0.15) is 32.6 Å². The second-order valence-corrected chi connectivity index (χ2v) is 5.98. The number of nitrogens with one attached hydrogen (secondary N) is 1. The van der Waals surface area contributed by atoms with Gasteiger partial charge in [-0.3, -0.25) is 4.79 Å². The van der Waals surface area contributed by atoms with E-state index < -0.39 is 17.0 Å². The van der Waals surface area contributed by atoms with Gasteiger partial charge in [0.2, 0.25) is 0 Å². The molecule has 110 valence electrons. The van der Waals surface area contributed by atoms with Gasteiger partial charge in [0.1, 0.15) is 15.9 Å². The third-order valence-electron chi connectivity index (χ3n) is 2.70. The summed E-state index contributed by atoms with van der Waals surface area (Å²) in [6, 6.07) is 4.98. The Morgan fingerprint density at radius 1 is 1.48 bits per heavy atom. The van der Waals surface area contributed by atoms with Crippen molar-refractivity contribution in [1.29, 1.82) is 5.26 Å². The summed E-state index contributed by atoms with van der Waals surface area (Å²) in [5.41, 5.74) is -0.184. The number of rotatable bonds is 3. The van der Waals surface area contributed by atoms with Gasteiger partial charge >= 0.3 is 6.18 Å². The van der Waals surface area contributed by atoms with E-state index in [2.05, 4.69) is 5.32 Å². The number of nitriles is 1. The minimum atomic E-state index is -4.53. The van der Waals surface area contributed by atoms with Crippen molar-refractivity contribution in [1.82, 2.24) is 0 Å². The van der Waals surface area contributed by atoms with Crippen LogP contribution in [-0.2, 0) is 12.6 Å². The molecule has 0 fully saturated rings. The smallest absolute Gasteiger partial charge is 0.312 e. The van der Waals surface area contributed by atoms with E-state index in [4.69, 9.17) is 5.26 Å². The van der Waals surface area contributed by atoms with Gasteiger partial charge in [-0.1, -0.05) is 13.0 Å². The fraction of sp³-hybridized carbons (Fsp3) is 0.231. The number of amides is 1. The average molecular weight is 330 g/mol. The molecule has 0 radical (unpaired) electrons. The summed E-state index contributed by atoms with van der Waals surface area (Å²) < 4.78 is 38.9. The van der Waals surface area contributed by atoms with Crippen LogP contribution in [0.2, 0.25) is 0 Å². The second-order valence-electron chi connectivity index (χ2n) is 4.01. The standard InChI is InChI=1S/C13H9F3N2OS2/c1-2-7-8(6-17)12(21-10(7)13(14,15)16)18-11(19)9-4-3-5-20-9/h3-5H,2H2,1H3,(H,18,19). The molecular formula is C13H9F3N2OS2. The van der Waals surface area contributed by atoms with Gasteiger partial charge in [-0.2, -0.15) is 18.4 Å². The highest BCUT2D eigenvalue weighted by molar-refractivity contribution is 7.17. The van der Waals surface area contributed by atoms with Crippen molar-refractivity contribution in [2.24, 2.45) is 0 Å². The Kier molecular flexibility index (Phi) is 4.34. The molecule has 21 heavy (non-hydrogen) atoms. The first-order valence-corrected chi connectivity index (χ1v) is 7.55. The van der Waals surface area contributed by atoms with E-state index in [1.54, 1.807) is 30.5 Å². The van der Waals surface area contributed by atoms with Gasteiger partial charge < -0.3 is 5.32 Å². The van der Waals surface area contributed by atoms with E-state index >= 15 is 0 Å². The van der Waals surface area contributed by atoms with Crippen LogP contribution >= 0.6 is 22.7 Å². The lowest BCUT2D eigenvalue weighted by Gasteiger charge is -2.05. The molecule has 2 heterocycles. The van der Waals surface area contributed by atoms with Gasteiger partial charge in [0.15, 0.2) is 0 Å². The van der Waals surface area contributed by atoms with E-state index in [-0.39, 0.29) is 22.5 Å². The van der Waals surface area contributed by atoms with Crippen LogP contribution in [-0.4, -0.2) is 5.91 Å². The lowest BCUT2D eigenvalue weighted by Crippen LogP contribution is -2.09. The molecule has 0 saturated heterocycles. The zero-order valence-electron chi connectivity index (χ0n) is 10.7. The fourth-order valence-electron chi connectivity index (χ4n) is 1.81. The van der Waals surface area contributed by atoms with Crippen LogP contribution in [0.4, 0.5) is 18.2 Å². The lowest BCUT2D eigenvalue weighted by atomic mass is 10.1. The molecule has 0 aliphatic carbocycles. The highest BCUT2D eigenvalue weighted by Gasteiger charge is 2.38. The zero-order chi connectivity index (χ0) is 15.6. The molecule has 0 aromatic carbocycles. The first-order chi connectivity index (χ1) is 9.88. The van der Waals surface area contributed by atoms with Gasteiger partial charge in [0.25, 0.3) is 5.91 Å². The van der Waals surface area contributed by atoms with Crippen molar-refractivity contribution in [2.45, 2.75) is 19.5 Å². The Labute approximate surface area is 126 Å². The van der Waals surface area contributed by atoms with E-state index in [9.17, 15) is 18.0 Å². The maximum absolute atomic E-state index is 13.0. The van der Waals surface area contributed by atoms with E-state index in [0.29, 0.717) is 16.2 Å². The van der Waals surface area contributed by atoms with Crippen LogP contribution in [0.5, 0.6) is 0 Å². The average Bonchev–Trinajstić information content (AvgIpc) is 3.04. The number of nitrogens with zero attached hydrogens (tertiary/aromatic N) is 1. The molecule has 0 atom stereocenters. The molecular weight excluding hydrogens is 321 g/mol. The first kappa shape index (κ1) is 15.5.